The third-order valence-corrected chi connectivity index (χ3v) is 5.37. The number of amides is 1. The molecule has 1 heterocycles. The molecule has 0 unspecified atom stereocenters. The molecule has 0 aromatic heterocycles. The highest BCUT2D eigenvalue weighted by Crippen LogP contribution is 2.27. The smallest absolute Gasteiger partial charge is 0.243 e. The van der Waals surface area contributed by atoms with E-state index in [-0.39, 0.29) is 12.5 Å². The zero-order valence-electron chi connectivity index (χ0n) is 17.5. The van der Waals surface area contributed by atoms with Crippen molar-refractivity contribution in [2.75, 3.05) is 55.3 Å². The molecule has 0 saturated carbocycles. The summed E-state index contributed by atoms with van der Waals surface area (Å²) >= 11 is 0. The first-order valence-corrected chi connectivity index (χ1v) is 10.1. The molecule has 1 amide bonds. The monoisotopic (exact) mass is 380 g/mol. The topological polar surface area (TPSA) is 47.6 Å². The zero-order chi connectivity index (χ0) is 20.1. The number of carbonyl (C=O) groups excluding carboxylic acids is 1. The molecule has 28 heavy (non-hydrogen) atoms. The molecule has 1 aliphatic rings. The van der Waals surface area contributed by atoms with Crippen molar-refractivity contribution < 1.29 is 4.79 Å². The van der Waals surface area contributed by atoms with Crippen LogP contribution in [-0.2, 0) is 4.79 Å². The second-order valence-electron chi connectivity index (χ2n) is 7.93. The molecule has 1 fully saturated rings. The second kappa shape index (κ2) is 9.11. The number of benzene rings is 2. The average Bonchev–Trinajstić information content (AvgIpc) is 2.68. The lowest BCUT2D eigenvalue weighted by Crippen LogP contribution is -2.44. The third-order valence-electron chi connectivity index (χ3n) is 5.37. The van der Waals surface area contributed by atoms with Gasteiger partial charge in [0.05, 0.1) is 6.54 Å². The number of carbonyl (C=O) groups is 1. The summed E-state index contributed by atoms with van der Waals surface area (Å²) in [5.74, 6) is 0.373. The van der Waals surface area contributed by atoms with Gasteiger partial charge in [-0.05, 0) is 55.3 Å². The fraction of sp³-hybridized carbons (Fsp3) is 0.435. The Morgan fingerprint density at radius 3 is 2.36 bits per heavy atom. The number of likely N-dealkylation sites (N-methyl/N-ethyl adjacent to an activating group) is 1. The van der Waals surface area contributed by atoms with Crippen LogP contribution >= 0.6 is 0 Å². The van der Waals surface area contributed by atoms with Gasteiger partial charge in [-0.3, -0.25) is 4.79 Å². The van der Waals surface area contributed by atoms with Crippen molar-refractivity contribution in [1.29, 1.82) is 0 Å². The Labute approximate surface area is 168 Å². The first-order chi connectivity index (χ1) is 13.4. The van der Waals surface area contributed by atoms with Crippen molar-refractivity contribution in [2.45, 2.75) is 26.7 Å². The van der Waals surface area contributed by atoms with Gasteiger partial charge in [-0.2, -0.15) is 0 Å². The van der Waals surface area contributed by atoms with Crippen molar-refractivity contribution in [2.24, 2.45) is 0 Å². The van der Waals surface area contributed by atoms with Crippen LogP contribution < -0.4 is 15.5 Å². The van der Waals surface area contributed by atoms with Crippen LogP contribution in [0.25, 0.3) is 0 Å². The Hall–Kier alpha value is -2.53. The van der Waals surface area contributed by atoms with E-state index in [1.807, 2.05) is 12.1 Å². The van der Waals surface area contributed by atoms with Gasteiger partial charge in [-0.1, -0.05) is 32.0 Å². The van der Waals surface area contributed by atoms with Crippen LogP contribution in [0.1, 0.15) is 30.9 Å². The largest absolute Gasteiger partial charge is 0.376 e. The molecule has 2 aromatic carbocycles. The van der Waals surface area contributed by atoms with Crippen molar-refractivity contribution in [3.63, 3.8) is 0 Å². The first-order valence-electron chi connectivity index (χ1n) is 10.1. The Bertz CT molecular complexity index is 793. The van der Waals surface area contributed by atoms with Gasteiger partial charge in [-0.25, -0.2) is 0 Å². The fourth-order valence-electron chi connectivity index (χ4n) is 3.61. The molecule has 1 aliphatic heterocycles. The maximum Gasteiger partial charge on any atom is 0.243 e. The standard InChI is InChI=1S/C23H32N4O/c1-17(2)21-7-5-6-18(3)23(21)24-16-22(28)25-19-8-10-20(11-9-19)27-14-12-26(4)13-15-27/h5-11,17,24H,12-16H2,1-4H3,(H,25,28). The quantitative estimate of drug-likeness (QED) is 0.797. The molecular formula is C23H32N4O. The summed E-state index contributed by atoms with van der Waals surface area (Å²) in [6, 6.07) is 14.4. The van der Waals surface area contributed by atoms with Crippen LogP contribution in [0.15, 0.2) is 42.5 Å². The highest BCUT2D eigenvalue weighted by molar-refractivity contribution is 5.94. The van der Waals surface area contributed by atoms with E-state index in [1.165, 1.54) is 11.3 Å². The van der Waals surface area contributed by atoms with Gasteiger partial charge < -0.3 is 20.4 Å². The number of nitrogens with one attached hydrogen (secondary N) is 2. The summed E-state index contributed by atoms with van der Waals surface area (Å²) in [5.41, 5.74) is 5.52. The summed E-state index contributed by atoms with van der Waals surface area (Å²) in [7, 11) is 2.16. The SMILES string of the molecule is Cc1cccc(C(C)C)c1NCC(=O)Nc1ccc(N2CCN(C)CC2)cc1. The Morgan fingerprint density at radius 2 is 1.71 bits per heavy atom. The number of hydrogen-bond acceptors (Lipinski definition) is 4. The van der Waals surface area contributed by atoms with E-state index < -0.39 is 0 Å². The van der Waals surface area contributed by atoms with Crippen molar-refractivity contribution in [3.05, 3.63) is 53.6 Å². The van der Waals surface area contributed by atoms with E-state index in [1.54, 1.807) is 0 Å². The summed E-state index contributed by atoms with van der Waals surface area (Å²) in [5, 5.41) is 6.31. The summed E-state index contributed by atoms with van der Waals surface area (Å²) in [4.78, 5) is 17.1. The Balaban J connectivity index is 1.56. The Kier molecular flexibility index (Phi) is 6.57. The number of rotatable bonds is 6. The number of piperazine rings is 1. The highest BCUT2D eigenvalue weighted by atomic mass is 16.1. The van der Waals surface area contributed by atoms with Crippen LogP contribution in [0.2, 0.25) is 0 Å². The minimum atomic E-state index is -0.0368. The van der Waals surface area contributed by atoms with Crippen molar-refractivity contribution in [3.8, 4) is 0 Å². The lowest BCUT2D eigenvalue weighted by molar-refractivity contribution is -0.114. The van der Waals surface area contributed by atoms with Gasteiger partial charge in [0.15, 0.2) is 0 Å². The van der Waals surface area contributed by atoms with Gasteiger partial charge in [-0.15, -0.1) is 0 Å². The summed E-state index contributed by atoms with van der Waals surface area (Å²) < 4.78 is 0. The lowest BCUT2D eigenvalue weighted by Gasteiger charge is -2.34. The number of para-hydroxylation sites is 1. The van der Waals surface area contributed by atoms with Gasteiger partial charge in [0.25, 0.3) is 0 Å². The molecule has 2 aromatic rings. The normalized spacial score (nSPS) is 15.0. The van der Waals surface area contributed by atoms with E-state index >= 15 is 0 Å². The fourth-order valence-corrected chi connectivity index (χ4v) is 3.61. The van der Waals surface area contributed by atoms with Gasteiger partial charge >= 0.3 is 0 Å². The molecule has 150 valence electrons. The molecule has 5 heteroatoms. The highest BCUT2D eigenvalue weighted by Gasteiger charge is 2.14. The van der Waals surface area contributed by atoms with E-state index in [0.29, 0.717) is 5.92 Å². The lowest BCUT2D eigenvalue weighted by atomic mass is 9.98. The van der Waals surface area contributed by atoms with E-state index in [4.69, 9.17) is 0 Å². The molecular weight excluding hydrogens is 348 g/mol. The molecule has 0 aliphatic carbocycles. The second-order valence-corrected chi connectivity index (χ2v) is 7.93. The first kappa shape index (κ1) is 20.2. The molecule has 1 saturated heterocycles. The maximum atomic E-state index is 12.4. The van der Waals surface area contributed by atoms with Gasteiger partial charge in [0, 0.05) is 43.2 Å². The molecule has 5 nitrogen and oxygen atoms in total. The number of anilines is 3. The molecule has 0 spiro atoms. The van der Waals surface area contributed by atoms with Crippen LogP contribution in [0, 0.1) is 6.92 Å². The summed E-state index contributed by atoms with van der Waals surface area (Å²) in [6.45, 7) is 10.9. The minimum absolute atomic E-state index is 0.0368. The molecule has 3 rings (SSSR count). The van der Waals surface area contributed by atoms with Crippen LogP contribution in [-0.4, -0.2) is 50.6 Å². The average molecular weight is 381 g/mol. The van der Waals surface area contributed by atoms with Crippen LogP contribution in [0.5, 0.6) is 0 Å². The minimum Gasteiger partial charge on any atom is -0.376 e. The predicted molar refractivity (Wildman–Crippen MR) is 119 cm³/mol. The molecule has 0 bridgehead atoms. The maximum absolute atomic E-state index is 12.4. The summed E-state index contributed by atoms with van der Waals surface area (Å²) in [6.07, 6.45) is 0. The Morgan fingerprint density at radius 1 is 1.04 bits per heavy atom. The van der Waals surface area contributed by atoms with Gasteiger partial charge in [0.1, 0.15) is 0 Å². The zero-order valence-corrected chi connectivity index (χ0v) is 17.5. The predicted octanol–water partition coefficient (Wildman–Crippen LogP) is 3.92. The molecule has 0 radical (unpaired) electrons. The number of nitrogens with zero attached hydrogens (tertiary/aromatic N) is 2. The molecule has 2 N–H and O–H groups in total. The van der Waals surface area contributed by atoms with E-state index in [2.05, 4.69) is 78.6 Å². The number of aryl methyl sites for hydroxylation is 1. The van der Waals surface area contributed by atoms with Crippen LogP contribution in [0.4, 0.5) is 17.1 Å². The van der Waals surface area contributed by atoms with Gasteiger partial charge in [0.2, 0.25) is 5.91 Å². The van der Waals surface area contributed by atoms with E-state index in [0.717, 1.165) is 43.1 Å². The van der Waals surface area contributed by atoms with Crippen LogP contribution in [0.3, 0.4) is 0 Å². The third kappa shape index (κ3) is 5.04. The molecule has 0 atom stereocenters. The number of hydrogen-bond donors (Lipinski definition) is 2. The van der Waals surface area contributed by atoms with Crippen molar-refractivity contribution in [1.82, 2.24) is 4.90 Å². The van der Waals surface area contributed by atoms with E-state index in [9.17, 15) is 4.79 Å². The van der Waals surface area contributed by atoms with Crippen molar-refractivity contribution >= 4 is 23.0 Å².